The molecule has 2 N–H and O–H groups in total. The molecular weight excluding hydrogens is 326 g/mol. The van der Waals surface area contributed by atoms with E-state index in [0.29, 0.717) is 18.6 Å². The van der Waals surface area contributed by atoms with Gasteiger partial charge in [-0.15, -0.1) is 0 Å². The van der Waals surface area contributed by atoms with Gasteiger partial charge in [0.25, 0.3) is 0 Å². The summed E-state index contributed by atoms with van der Waals surface area (Å²) in [5.41, 5.74) is 0. The highest BCUT2D eigenvalue weighted by molar-refractivity contribution is 9.10. The number of carboxylic acid groups (broad SMARTS) is 1. The van der Waals surface area contributed by atoms with Crippen molar-refractivity contribution in [1.82, 2.24) is 5.32 Å². The lowest BCUT2D eigenvalue weighted by Gasteiger charge is -2.13. The first-order valence-corrected chi connectivity index (χ1v) is 7.22. The molecule has 0 radical (unpaired) electrons. The summed E-state index contributed by atoms with van der Waals surface area (Å²) in [6.07, 6.45) is 1.25. The summed E-state index contributed by atoms with van der Waals surface area (Å²) >= 11 is 3.32. The van der Waals surface area contributed by atoms with Crippen molar-refractivity contribution in [2.75, 3.05) is 6.61 Å². The molecule has 0 saturated carbocycles. The maximum atomic E-state index is 11.6. The van der Waals surface area contributed by atoms with Crippen LogP contribution in [0, 0.1) is 0 Å². The Labute approximate surface area is 126 Å². The number of carboxylic acids is 1. The van der Waals surface area contributed by atoms with Crippen molar-refractivity contribution in [1.29, 1.82) is 0 Å². The number of rotatable bonds is 8. The SMILES string of the molecule is CCCC(NC(=O)CCOc1cccc(Br)c1)C(=O)O. The monoisotopic (exact) mass is 343 g/mol. The minimum atomic E-state index is -1.01. The van der Waals surface area contributed by atoms with E-state index in [4.69, 9.17) is 9.84 Å². The molecule has 0 bridgehead atoms. The van der Waals surface area contributed by atoms with Gasteiger partial charge in [-0.1, -0.05) is 35.3 Å². The van der Waals surface area contributed by atoms with Gasteiger partial charge in [0.15, 0.2) is 0 Å². The second-order valence-electron chi connectivity index (χ2n) is 4.30. The van der Waals surface area contributed by atoms with Crippen LogP contribution in [0.15, 0.2) is 28.7 Å². The van der Waals surface area contributed by atoms with E-state index >= 15 is 0 Å². The Balaban J connectivity index is 2.34. The third-order valence-corrected chi connectivity index (χ3v) is 3.10. The van der Waals surface area contributed by atoms with Crippen LogP contribution in [0.2, 0.25) is 0 Å². The van der Waals surface area contributed by atoms with Crippen LogP contribution < -0.4 is 10.1 Å². The van der Waals surface area contributed by atoms with Crippen molar-refractivity contribution in [3.63, 3.8) is 0 Å². The first kappa shape index (κ1) is 16.5. The average Bonchev–Trinajstić information content (AvgIpc) is 2.38. The molecule has 20 heavy (non-hydrogen) atoms. The van der Waals surface area contributed by atoms with Crippen molar-refractivity contribution >= 4 is 27.8 Å². The zero-order chi connectivity index (χ0) is 15.0. The first-order chi connectivity index (χ1) is 9.52. The number of ether oxygens (including phenoxy) is 1. The van der Waals surface area contributed by atoms with Gasteiger partial charge in [-0.3, -0.25) is 4.79 Å². The Hall–Kier alpha value is -1.56. The van der Waals surface area contributed by atoms with Crippen LogP contribution in [-0.4, -0.2) is 29.6 Å². The van der Waals surface area contributed by atoms with Gasteiger partial charge in [0.2, 0.25) is 5.91 Å². The zero-order valence-electron chi connectivity index (χ0n) is 11.3. The lowest BCUT2D eigenvalue weighted by molar-refractivity contribution is -0.142. The van der Waals surface area contributed by atoms with Crippen molar-refractivity contribution in [2.45, 2.75) is 32.2 Å². The van der Waals surface area contributed by atoms with Gasteiger partial charge in [0.05, 0.1) is 13.0 Å². The Kier molecular flexibility index (Phi) is 7.08. The molecule has 0 aliphatic rings. The normalized spacial score (nSPS) is 11.7. The van der Waals surface area contributed by atoms with E-state index in [1.54, 1.807) is 12.1 Å². The summed E-state index contributed by atoms with van der Waals surface area (Å²) < 4.78 is 6.32. The molecule has 5 nitrogen and oxygen atoms in total. The number of hydrogen-bond acceptors (Lipinski definition) is 3. The quantitative estimate of drug-likeness (QED) is 0.760. The number of benzene rings is 1. The molecule has 0 fully saturated rings. The maximum absolute atomic E-state index is 11.6. The predicted octanol–water partition coefficient (Wildman–Crippen LogP) is 2.59. The average molecular weight is 344 g/mol. The summed E-state index contributed by atoms with van der Waals surface area (Å²) in [6, 6.07) is 6.48. The molecule has 0 aliphatic carbocycles. The number of amides is 1. The third-order valence-electron chi connectivity index (χ3n) is 2.60. The molecule has 0 aliphatic heterocycles. The van der Waals surface area contributed by atoms with E-state index in [0.717, 1.165) is 4.47 Å². The van der Waals surface area contributed by atoms with Gasteiger partial charge in [-0.05, 0) is 24.6 Å². The summed E-state index contributed by atoms with van der Waals surface area (Å²) in [5, 5.41) is 11.4. The van der Waals surface area contributed by atoms with E-state index in [1.807, 2.05) is 19.1 Å². The largest absolute Gasteiger partial charge is 0.493 e. The smallest absolute Gasteiger partial charge is 0.326 e. The highest BCUT2D eigenvalue weighted by Gasteiger charge is 2.18. The van der Waals surface area contributed by atoms with Crippen LogP contribution in [0.1, 0.15) is 26.2 Å². The fourth-order valence-corrected chi connectivity index (χ4v) is 2.01. The van der Waals surface area contributed by atoms with Crippen LogP contribution in [-0.2, 0) is 9.59 Å². The summed E-state index contributed by atoms with van der Waals surface area (Å²) in [6.45, 7) is 2.08. The zero-order valence-corrected chi connectivity index (χ0v) is 12.9. The molecule has 0 spiro atoms. The topological polar surface area (TPSA) is 75.6 Å². The molecule has 1 atom stereocenters. The minimum Gasteiger partial charge on any atom is -0.493 e. The molecule has 0 heterocycles. The molecular formula is C14H18BrNO4. The summed E-state index contributed by atoms with van der Waals surface area (Å²) in [7, 11) is 0. The van der Waals surface area contributed by atoms with Crippen molar-refractivity contribution in [3.05, 3.63) is 28.7 Å². The first-order valence-electron chi connectivity index (χ1n) is 6.43. The lowest BCUT2D eigenvalue weighted by atomic mass is 10.1. The number of halogens is 1. The van der Waals surface area contributed by atoms with Gasteiger partial charge < -0.3 is 15.2 Å². The Morgan fingerprint density at radius 1 is 1.45 bits per heavy atom. The van der Waals surface area contributed by atoms with Gasteiger partial charge in [0.1, 0.15) is 11.8 Å². The molecule has 0 aromatic heterocycles. The number of carbonyl (C=O) groups is 2. The molecule has 6 heteroatoms. The van der Waals surface area contributed by atoms with Gasteiger partial charge in [0, 0.05) is 4.47 Å². The molecule has 1 rings (SSSR count). The molecule has 1 amide bonds. The molecule has 1 aromatic rings. The van der Waals surface area contributed by atoms with Gasteiger partial charge >= 0.3 is 5.97 Å². The highest BCUT2D eigenvalue weighted by Crippen LogP contribution is 2.17. The van der Waals surface area contributed by atoms with E-state index in [9.17, 15) is 9.59 Å². The van der Waals surface area contributed by atoms with Crippen LogP contribution in [0.3, 0.4) is 0 Å². The molecule has 0 saturated heterocycles. The van der Waals surface area contributed by atoms with Crippen molar-refractivity contribution < 1.29 is 19.4 Å². The van der Waals surface area contributed by atoms with E-state index in [-0.39, 0.29) is 18.9 Å². The van der Waals surface area contributed by atoms with Crippen LogP contribution in [0.25, 0.3) is 0 Å². The Morgan fingerprint density at radius 3 is 2.80 bits per heavy atom. The van der Waals surface area contributed by atoms with Crippen LogP contribution >= 0.6 is 15.9 Å². The van der Waals surface area contributed by atoms with Gasteiger partial charge in [-0.2, -0.15) is 0 Å². The van der Waals surface area contributed by atoms with E-state index in [2.05, 4.69) is 21.2 Å². The number of carbonyl (C=O) groups excluding carboxylic acids is 1. The molecule has 1 aromatic carbocycles. The highest BCUT2D eigenvalue weighted by atomic mass is 79.9. The fraction of sp³-hybridized carbons (Fsp3) is 0.429. The van der Waals surface area contributed by atoms with Crippen molar-refractivity contribution in [3.8, 4) is 5.75 Å². The number of aliphatic carboxylic acids is 1. The molecule has 110 valence electrons. The van der Waals surface area contributed by atoms with Crippen molar-refractivity contribution in [2.24, 2.45) is 0 Å². The second-order valence-corrected chi connectivity index (χ2v) is 5.22. The van der Waals surface area contributed by atoms with Crippen LogP contribution in [0.5, 0.6) is 5.75 Å². The minimum absolute atomic E-state index is 0.125. The Morgan fingerprint density at radius 2 is 2.20 bits per heavy atom. The fourth-order valence-electron chi connectivity index (χ4n) is 1.63. The van der Waals surface area contributed by atoms with Gasteiger partial charge in [-0.25, -0.2) is 4.79 Å². The predicted molar refractivity (Wildman–Crippen MR) is 78.7 cm³/mol. The standard InChI is InChI=1S/C14H18BrNO4/c1-2-4-12(14(18)19)16-13(17)7-8-20-11-6-3-5-10(15)9-11/h3,5-6,9,12H,2,4,7-8H2,1H3,(H,16,17)(H,18,19). The number of nitrogens with one attached hydrogen (secondary N) is 1. The van der Waals surface area contributed by atoms with Crippen LogP contribution in [0.4, 0.5) is 0 Å². The second kappa shape index (κ2) is 8.58. The lowest BCUT2D eigenvalue weighted by Crippen LogP contribution is -2.41. The summed E-state index contributed by atoms with van der Waals surface area (Å²) in [4.78, 5) is 22.5. The maximum Gasteiger partial charge on any atom is 0.326 e. The molecule has 1 unspecified atom stereocenters. The number of hydrogen-bond donors (Lipinski definition) is 2. The van der Waals surface area contributed by atoms with E-state index < -0.39 is 12.0 Å². The van der Waals surface area contributed by atoms with E-state index in [1.165, 1.54) is 0 Å². The summed E-state index contributed by atoms with van der Waals surface area (Å²) in [5.74, 6) is -0.663. The Bertz CT molecular complexity index is 464. The third kappa shape index (κ3) is 6.06.